The lowest BCUT2D eigenvalue weighted by molar-refractivity contribution is -0.136. The van der Waals surface area contributed by atoms with Crippen molar-refractivity contribution in [2.24, 2.45) is 0 Å². The van der Waals surface area contributed by atoms with Crippen molar-refractivity contribution >= 4 is 17.7 Å². The van der Waals surface area contributed by atoms with Crippen LogP contribution in [0.2, 0.25) is 0 Å². The van der Waals surface area contributed by atoms with E-state index in [-0.39, 0.29) is 30.2 Å². The predicted octanol–water partition coefficient (Wildman–Crippen LogP) is 0.989. The summed E-state index contributed by atoms with van der Waals surface area (Å²) < 4.78 is 0. The summed E-state index contributed by atoms with van der Waals surface area (Å²) >= 11 is 0. The first kappa shape index (κ1) is 19.8. The molecule has 0 bridgehead atoms. The molecule has 0 aliphatic carbocycles. The Morgan fingerprint density at radius 1 is 1.06 bits per heavy atom. The highest BCUT2D eigenvalue weighted by molar-refractivity contribution is 6.06. The quantitative estimate of drug-likeness (QED) is 0.718. The summed E-state index contributed by atoms with van der Waals surface area (Å²) in [5.41, 5.74) is 3.84. The van der Waals surface area contributed by atoms with E-state index in [1.807, 2.05) is 42.7 Å². The minimum absolute atomic E-state index is 0.115. The maximum Gasteiger partial charge on any atom is 0.255 e. The Hall–Kier alpha value is -3.10. The minimum atomic E-state index is -0.589. The van der Waals surface area contributed by atoms with Crippen LogP contribution in [0.5, 0.6) is 0 Å². The van der Waals surface area contributed by atoms with Crippen molar-refractivity contribution < 1.29 is 14.4 Å². The van der Waals surface area contributed by atoms with Crippen molar-refractivity contribution in [3.05, 3.63) is 65.0 Å². The van der Waals surface area contributed by atoms with Crippen LogP contribution in [0.25, 0.3) is 0 Å². The smallest absolute Gasteiger partial charge is 0.255 e. The van der Waals surface area contributed by atoms with Crippen LogP contribution in [-0.4, -0.2) is 58.2 Å². The molecule has 0 spiro atoms. The first-order chi connectivity index (χ1) is 15.1. The van der Waals surface area contributed by atoms with Crippen LogP contribution < -0.4 is 10.6 Å². The van der Waals surface area contributed by atoms with Gasteiger partial charge in [0.15, 0.2) is 0 Å². The standard InChI is InChI=1S/C23H25N5O3/c29-20-5-4-18(22(30)26-20)28-14-17-3-1-2-16(21(17)23(28)31)13-27-11-10-25-12-19(27)15-6-8-24-9-7-15/h1-3,6-9,18-19,25H,4-5,10-14H2,(H,26,29,30). The highest BCUT2D eigenvalue weighted by atomic mass is 16.2. The van der Waals surface area contributed by atoms with Gasteiger partial charge in [-0.2, -0.15) is 0 Å². The molecule has 3 aliphatic heterocycles. The number of benzene rings is 1. The Labute approximate surface area is 180 Å². The van der Waals surface area contributed by atoms with Gasteiger partial charge in [-0.1, -0.05) is 18.2 Å². The summed E-state index contributed by atoms with van der Waals surface area (Å²) in [6, 6.07) is 9.65. The van der Waals surface area contributed by atoms with Gasteiger partial charge >= 0.3 is 0 Å². The van der Waals surface area contributed by atoms with E-state index in [4.69, 9.17) is 0 Å². The van der Waals surface area contributed by atoms with Crippen LogP contribution in [0, 0.1) is 0 Å². The van der Waals surface area contributed by atoms with Crippen molar-refractivity contribution in [2.75, 3.05) is 19.6 Å². The van der Waals surface area contributed by atoms with Crippen LogP contribution in [0.1, 0.15) is 45.9 Å². The van der Waals surface area contributed by atoms with Crippen LogP contribution in [0.3, 0.4) is 0 Å². The lowest BCUT2D eigenvalue weighted by Crippen LogP contribution is -2.52. The van der Waals surface area contributed by atoms with Crippen molar-refractivity contribution in [1.82, 2.24) is 25.4 Å². The Bertz CT molecular complexity index is 1030. The zero-order valence-electron chi connectivity index (χ0n) is 17.2. The summed E-state index contributed by atoms with van der Waals surface area (Å²) in [5, 5.41) is 5.83. The molecule has 2 N–H and O–H groups in total. The largest absolute Gasteiger partial charge is 0.322 e. The second kappa shape index (κ2) is 8.20. The number of carbonyl (C=O) groups excluding carboxylic acids is 3. The van der Waals surface area contributed by atoms with Crippen molar-refractivity contribution in [3.63, 3.8) is 0 Å². The van der Waals surface area contributed by atoms with Gasteiger partial charge in [0.2, 0.25) is 11.8 Å². The van der Waals surface area contributed by atoms with E-state index in [9.17, 15) is 14.4 Å². The van der Waals surface area contributed by atoms with Crippen LogP contribution in [0.4, 0.5) is 0 Å². The molecule has 2 unspecified atom stereocenters. The fourth-order valence-electron chi connectivity index (χ4n) is 4.89. The summed E-state index contributed by atoms with van der Waals surface area (Å²) in [6.07, 6.45) is 4.26. The minimum Gasteiger partial charge on any atom is -0.322 e. The molecule has 2 saturated heterocycles. The molecule has 3 aliphatic rings. The molecule has 5 rings (SSSR count). The second-order valence-electron chi connectivity index (χ2n) is 8.32. The molecule has 3 amide bonds. The molecule has 2 aromatic rings. The molecule has 31 heavy (non-hydrogen) atoms. The third-order valence-electron chi connectivity index (χ3n) is 6.46. The van der Waals surface area contributed by atoms with Crippen molar-refractivity contribution in [1.29, 1.82) is 0 Å². The summed E-state index contributed by atoms with van der Waals surface area (Å²) in [6.45, 7) is 3.68. The van der Waals surface area contributed by atoms with Gasteiger partial charge in [0.1, 0.15) is 6.04 Å². The van der Waals surface area contributed by atoms with Gasteiger partial charge in [0.05, 0.1) is 0 Å². The number of fused-ring (bicyclic) bond motifs is 1. The number of carbonyl (C=O) groups is 3. The number of amides is 3. The highest BCUT2D eigenvalue weighted by Crippen LogP contribution is 2.32. The maximum atomic E-state index is 13.4. The number of aromatic nitrogens is 1. The molecule has 0 saturated carbocycles. The number of piperazine rings is 1. The molecule has 0 radical (unpaired) electrons. The number of pyridine rings is 1. The maximum absolute atomic E-state index is 13.4. The monoisotopic (exact) mass is 419 g/mol. The average molecular weight is 419 g/mol. The molecule has 2 fully saturated rings. The third kappa shape index (κ3) is 3.73. The van der Waals surface area contributed by atoms with Crippen LogP contribution in [0.15, 0.2) is 42.7 Å². The number of hydrogen-bond acceptors (Lipinski definition) is 6. The molecular weight excluding hydrogens is 394 g/mol. The van der Waals surface area contributed by atoms with Crippen LogP contribution in [-0.2, 0) is 22.7 Å². The van der Waals surface area contributed by atoms with E-state index in [2.05, 4.69) is 20.5 Å². The molecular formula is C23H25N5O3. The molecule has 160 valence electrons. The van der Waals surface area contributed by atoms with Gasteiger partial charge in [0, 0.05) is 63.1 Å². The molecule has 2 atom stereocenters. The summed E-state index contributed by atoms with van der Waals surface area (Å²) in [7, 11) is 0. The van der Waals surface area contributed by atoms with E-state index in [0.29, 0.717) is 25.1 Å². The Morgan fingerprint density at radius 3 is 2.71 bits per heavy atom. The third-order valence-corrected chi connectivity index (χ3v) is 6.46. The van der Waals surface area contributed by atoms with Gasteiger partial charge in [-0.25, -0.2) is 0 Å². The number of imide groups is 1. The number of hydrogen-bond donors (Lipinski definition) is 2. The molecule has 8 nitrogen and oxygen atoms in total. The number of rotatable bonds is 4. The second-order valence-corrected chi connectivity index (χ2v) is 8.32. The van der Waals surface area contributed by atoms with Crippen LogP contribution >= 0.6 is 0 Å². The van der Waals surface area contributed by atoms with Crippen molar-refractivity contribution in [3.8, 4) is 0 Å². The van der Waals surface area contributed by atoms with Gasteiger partial charge in [-0.15, -0.1) is 0 Å². The van der Waals surface area contributed by atoms with E-state index in [1.54, 1.807) is 4.90 Å². The number of nitrogens with zero attached hydrogens (tertiary/aromatic N) is 3. The lowest BCUT2D eigenvalue weighted by atomic mass is 9.99. The number of piperidine rings is 1. The molecule has 1 aromatic heterocycles. The van der Waals surface area contributed by atoms with E-state index >= 15 is 0 Å². The fourth-order valence-corrected chi connectivity index (χ4v) is 4.89. The Balaban J connectivity index is 1.40. The topological polar surface area (TPSA) is 94.6 Å². The average Bonchev–Trinajstić information content (AvgIpc) is 3.12. The lowest BCUT2D eigenvalue weighted by Gasteiger charge is -2.36. The van der Waals surface area contributed by atoms with Crippen molar-refractivity contribution in [2.45, 2.75) is 38.0 Å². The first-order valence-corrected chi connectivity index (χ1v) is 10.7. The Kier molecular flexibility index (Phi) is 5.25. The zero-order valence-corrected chi connectivity index (χ0v) is 17.2. The van der Waals surface area contributed by atoms with E-state index in [0.717, 1.165) is 30.8 Å². The molecule has 8 heteroatoms. The summed E-state index contributed by atoms with van der Waals surface area (Å²) in [5.74, 6) is -0.763. The van der Waals surface area contributed by atoms with Gasteiger partial charge in [0.25, 0.3) is 5.91 Å². The zero-order chi connectivity index (χ0) is 21.4. The number of nitrogens with one attached hydrogen (secondary N) is 2. The first-order valence-electron chi connectivity index (χ1n) is 10.7. The van der Waals surface area contributed by atoms with E-state index in [1.165, 1.54) is 5.56 Å². The van der Waals surface area contributed by atoms with E-state index < -0.39 is 6.04 Å². The Morgan fingerprint density at radius 2 is 1.90 bits per heavy atom. The SMILES string of the molecule is O=C1CCC(N2Cc3cccc(CN4CCNCC4c4ccncc4)c3C2=O)C(=O)N1. The van der Waals surface area contributed by atoms with Gasteiger partial charge in [-0.3, -0.25) is 29.6 Å². The molecule has 1 aromatic carbocycles. The normalized spacial score (nSPS) is 24.3. The van der Waals surface area contributed by atoms with Gasteiger partial charge in [-0.05, 0) is 35.2 Å². The molecule has 4 heterocycles. The predicted molar refractivity (Wildman–Crippen MR) is 113 cm³/mol. The fraction of sp³-hybridized carbons (Fsp3) is 0.391. The van der Waals surface area contributed by atoms with Gasteiger partial charge < -0.3 is 10.2 Å². The summed E-state index contributed by atoms with van der Waals surface area (Å²) in [4.78, 5) is 45.3. The highest BCUT2D eigenvalue weighted by Gasteiger charge is 2.40.